The number of nitrogens with one attached hydrogen (secondary N) is 3. The fourth-order valence-electron chi connectivity index (χ4n) is 4.25. The molecule has 1 heterocycles. The van der Waals surface area contributed by atoms with Gasteiger partial charge in [-0.1, -0.05) is 56.7 Å². The van der Waals surface area contributed by atoms with Gasteiger partial charge in [0.05, 0.1) is 29.7 Å². The van der Waals surface area contributed by atoms with Crippen LogP contribution in [-0.4, -0.2) is 25.0 Å². The SMILES string of the molecule is CCCCN(Cc1ccco1)c1ccc(NC(=O)Nc2cccc3ccccc23)cc1C(=O)NCCC. The van der Waals surface area contributed by atoms with Gasteiger partial charge in [0, 0.05) is 24.2 Å². The standard InChI is InChI=1S/C30H34N4O3/c1-3-5-18-34(21-24-12-9-19-37-24)28-16-15-23(20-26(28)29(35)31-17-4-2)32-30(36)33-27-14-8-11-22-10-6-7-13-25(22)27/h6-16,19-20H,3-5,17-18,21H2,1-2H3,(H,31,35)(H2,32,33,36). The molecule has 4 rings (SSSR count). The molecule has 7 nitrogen and oxygen atoms in total. The van der Waals surface area contributed by atoms with Crippen molar-refractivity contribution in [3.05, 3.63) is 90.4 Å². The van der Waals surface area contributed by atoms with E-state index in [-0.39, 0.29) is 11.9 Å². The van der Waals surface area contributed by atoms with E-state index < -0.39 is 0 Å². The Morgan fingerprint density at radius 3 is 2.51 bits per heavy atom. The molecule has 0 spiro atoms. The molecule has 1 aromatic heterocycles. The molecule has 0 unspecified atom stereocenters. The van der Waals surface area contributed by atoms with Crippen LogP contribution in [-0.2, 0) is 6.54 Å². The average molecular weight is 499 g/mol. The maximum atomic E-state index is 13.2. The Labute approximate surface area is 217 Å². The normalized spacial score (nSPS) is 10.8. The fraction of sp³-hybridized carbons (Fsp3) is 0.267. The van der Waals surface area contributed by atoms with Crippen LogP contribution in [0, 0.1) is 0 Å². The third-order valence-electron chi connectivity index (χ3n) is 6.12. The zero-order valence-electron chi connectivity index (χ0n) is 21.4. The maximum absolute atomic E-state index is 13.2. The number of unbranched alkanes of at least 4 members (excludes halogenated alkanes) is 1. The van der Waals surface area contributed by atoms with Crippen molar-refractivity contribution in [2.75, 3.05) is 28.6 Å². The summed E-state index contributed by atoms with van der Waals surface area (Å²) in [4.78, 5) is 28.3. The minimum atomic E-state index is -0.373. The van der Waals surface area contributed by atoms with E-state index in [1.807, 2.05) is 73.7 Å². The predicted octanol–water partition coefficient (Wildman–Crippen LogP) is 7.02. The number of carbonyl (C=O) groups excluding carboxylic acids is 2. The van der Waals surface area contributed by atoms with Crippen molar-refractivity contribution in [1.82, 2.24) is 5.32 Å². The van der Waals surface area contributed by atoms with Gasteiger partial charge >= 0.3 is 6.03 Å². The van der Waals surface area contributed by atoms with Gasteiger partial charge in [-0.25, -0.2) is 4.79 Å². The number of urea groups is 1. The quantitative estimate of drug-likeness (QED) is 0.207. The average Bonchev–Trinajstić information content (AvgIpc) is 3.43. The third kappa shape index (κ3) is 6.70. The highest BCUT2D eigenvalue weighted by atomic mass is 16.3. The summed E-state index contributed by atoms with van der Waals surface area (Å²) < 4.78 is 5.59. The van der Waals surface area contributed by atoms with Crippen LogP contribution < -0.4 is 20.9 Å². The summed E-state index contributed by atoms with van der Waals surface area (Å²) in [6.07, 6.45) is 4.49. The number of anilines is 3. The number of fused-ring (bicyclic) bond motifs is 1. The maximum Gasteiger partial charge on any atom is 0.323 e. The highest BCUT2D eigenvalue weighted by Crippen LogP contribution is 2.28. The summed E-state index contributed by atoms with van der Waals surface area (Å²) >= 11 is 0. The highest BCUT2D eigenvalue weighted by Gasteiger charge is 2.19. The number of hydrogen-bond acceptors (Lipinski definition) is 4. The van der Waals surface area contributed by atoms with Crippen LogP contribution >= 0.6 is 0 Å². The number of furan rings is 1. The largest absolute Gasteiger partial charge is 0.467 e. The second-order valence-electron chi connectivity index (χ2n) is 8.95. The van der Waals surface area contributed by atoms with Gasteiger partial charge in [0.2, 0.25) is 0 Å². The zero-order valence-corrected chi connectivity index (χ0v) is 21.4. The van der Waals surface area contributed by atoms with Crippen molar-refractivity contribution in [3.63, 3.8) is 0 Å². The van der Waals surface area contributed by atoms with Gasteiger partial charge in [-0.2, -0.15) is 0 Å². The van der Waals surface area contributed by atoms with Crippen molar-refractivity contribution in [2.45, 2.75) is 39.7 Å². The van der Waals surface area contributed by atoms with Crippen LogP contribution in [0.25, 0.3) is 10.8 Å². The Kier molecular flexibility index (Phi) is 8.81. The Hall–Kier alpha value is -4.26. The first-order valence-electron chi connectivity index (χ1n) is 12.8. The van der Waals surface area contributed by atoms with E-state index >= 15 is 0 Å². The molecule has 0 aliphatic heterocycles. The van der Waals surface area contributed by atoms with Crippen molar-refractivity contribution >= 4 is 39.8 Å². The smallest absolute Gasteiger partial charge is 0.323 e. The molecule has 0 saturated carbocycles. The van der Waals surface area contributed by atoms with Crippen molar-refractivity contribution in [3.8, 4) is 0 Å². The number of amides is 3. The fourth-order valence-corrected chi connectivity index (χ4v) is 4.25. The van der Waals surface area contributed by atoms with Crippen LogP contribution in [0.2, 0.25) is 0 Å². The van der Waals surface area contributed by atoms with E-state index in [0.29, 0.717) is 24.3 Å². The van der Waals surface area contributed by atoms with Gasteiger partial charge < -0.3 is 25.3 Å². The van der Waals surface area contributed by atoms with Gasteiger partial charge in [-0.05, 0) is 54.6 Å². The number of nitrogens with zero attached hydrogens (tertiary/aromatic N) is 1. The predicted molar refractivity (Wildman–Crippen MR) is 150 cm³/mol. The van der Waals surface area contributed by atoms with Crippen LogP contribution in [0.5, 0.6) is 0 Å². The topological polar surface area (TPSA) is 86.6 Å². The molecule has 0 aliphatic rings. The van der Waals surface area contributed by atoms with Gasteiger partial charge in [0.15, 0.2) is 0 Å². The number of rotatable bonds is 11. The molecule has 3 amide bonds. The first-order valence-corrected chi connectivity index (χ1v) is 12.8. The Morgan fingerprint density at radius 2 is 1.73 bits per heavy atom. The lowest BCUT2D eigenvalue weighted by Crippen LogP contribution is -2.30. The molecule has 3 N–H and O–H groups in total. The minimum Gasteiger partial charge on any atom is -0.467 e. The molecule has 0 fully saturated rings. The van der Waals surface area contributed by atoms with E-state index in [2.05, 4.69) is 27.8 Å². The Morgan fingerprint density at radius 1 is 0.892 bits per heavy atom. The van der Waals surface area contributed by atoms with E-state index in [1.54, 1.807) is 12.3 Å². The van der Waals surface area contributed by atoms with Crippen molar-refractivity contribution in [1.29, 1.82) is 0 Å². The number of benzene rings is 3. The molecular weight excluding hydrogens is 464 g/mol. The summed E-state index contributed by atoms with van der Waals surface area (Å²) in [7, 11) is 0. The second-order valence-corrected chi connectivity index (χ2v) is 8.95. The van der Waals surface area contributed by atoms with E-state index in [1.165, 1.54) is 0 Å². The molecule has 0 radical (unpaired) electrons. The molecule has 37 heavy (non-hydrogen) atoms. The van der Waals surface area contributed by atoms with Crippen LogP contribution in [0.15, 0.2) is 83.5 Å². The lowest BCUT2D eigenvalue weighted by atomic mass is 10.1. The van der Waals surface area contributed by atoms with E-state index in [0.717, 1.165) is 53.7 Å². The van der Waals surface area contributed by atoms with Crippen molar-refractivity contribution < 1.29 is 14.0 Å². The lowest BCUT2D eigenvalue weighted by Gasteiger charge is -2.26. The van der Waals surface area contributed by atoms with Gasteiger partial charge in [-0.3, -0.25) is 4.79 Å². The molecule has 3 aromatic carbocycles. The third-order valence-corrected chi connectivity index (χ3v) is 6.12. The first kappa shape index (κ1) is 25.8. The highest BCUT2D eigenvalue weighted by molar-refractivity contribution is 6.07. The van der Waals surface area contributed by atoms with Gasteiger partial charge in [0.25, 0.3) is 5.91 Å². The van der Waals surface area contributed by atoms with Crippen LogP contribution in [0.4, 0.5) is 21.9 Å². The summed E-state index contributed by atoms with van der Waals surface area (Å²) in [6.45, 7) is 6.06. The molecule has 7 heteroatoms. The van der Waals surface area contributed by atoms with Gasteiger partial charge in [-0.15, -0.1) is 0 Å². The molecule has 0 saturated heterocycles. The van der Waals surface area contributed by atoms with E-state index in [9.17, 15) is 9.59 Å². The summed E-state index contributed by atoms with van der Waals surface area (Å²) in [6, 6.07) is 22.6. The molecule has 0 aliphatic carbocycles. The summed E-state index contributed by atoms with van der Waals surface area (Å²) in [5.74, 6) is 0.656. The minimum absolute atomic E-state index is 0.170. The zero-order chi connectivity index (χ0) is 26.0. The lowest BCUT2D eigenvalue weighted by molar-refractivity contribution is 0.0954. The van der Waals surface area contributed by atoms with E-state index in [4.69, 9.17) is 4.42 Å². The van der Waals surface area contributed by atoms with Gasteiger partial charge in [0.1, 0.15) is 5.76 Å². The Balaban J connectivity index is 1.59. The number of hydrogen-bond donors (Lipinski definition) is 3. The Bertz CT molecular complexity index is 1330. The molecule has 0 bridgehead atoms. The summed E-state index contributed by atoms with van der Waals surface area (Å²) in [5, 5.41) is 10.8. The molecule has 192 valence electrons. The summed E-state index contributed by atoms with van der Waals surface area (Å²) in [5.41, 5.74) is 2.58. The molecule has 0 atom stereocenters. The first-order chi connectivity index (χ1) is 18.1. The van der Waals surface area contributed by atoms with Crippen LogP contribution in [0.1, 0.15) is 49.2 Å². The number of carbonyl (C=O) groups is 2. The van der Waals surface area contributed by atoms with Crippen molar-refractivity contribution in [2.24, 2.45) is 0 Å². The molecular formula is C30H34N4O3. The molecule has 4 aromatic rings. The van der Waals surface area contributed by atoms with Crippen LogP contribution in [0.3, 0.4) is 0 Å². The second kappa shape index (κ2) is 12.6. The monoisotopic (exact) mass is 498 g/mol.